The summed E-state index contributed by atoms with van der Waals surface area (Å²) in [5, 5.41) is 3.75. The Morgan fingerprint density at radius 3 is 2.80 bits per heavy atom. The number of para-hydroxylation sites is 1. The molecular weight excluding hydrogens is 340 g/mol. The molecule has 1 aromatic rings. The van der Waals surface area contributed by atoms with Crippen molar-refractivity contribution in [2.75, 3.05) is 63.7 Å². The number of amides is 2. The van der Waals surface area contributed by atoms with Gasteiger partial charge in [0.05, 0.1) is 29.6 Å². The second-order valence-electron chi connectivity index (χ2n) is 6.92. The second-order valence-corrected chi connectivity index (χ2v) is 7.32. The van der Waals surface area contributed by atoms with E-state index >= 15 is 0 Å². The smallest absolute Gasteiger partial charge is 0.322 e. The molecule has 2 saturated heterocycles. The van der Waals surface area contributed by atoms with E-state index in [1.165, 1.54) is 0 Å². The van der Waals surface area contributed by atoms with E-state index in [4.69, 9.17) is 16.3 Å². The summed E-state index contributed by atoms with van der Waals surface area (Å²) in [7, 11) is 4.09. The number of carbonyl (C=O) groups is 1. The number of likely N-dealkylation sites (N-methyl/N-ethyl adjacent to an activating group) is 1. The minimum Gasteiger partial charge on any atom is -0.378 e. The molecule has 7 heteroatoms. The summed E-state index contributed by atoms with van der Waals surface area (Å²) in [6.07, 6.45) is 2.11. The molecule has 1 atom stereocenters. The van der Waals surface area contributed by atoms with Crippen LogP contribution in [0.3, 0.4) is 0 Å². The Bertz CT molecular complexity index is 605. The predicted molar refractivity (Wildman–Crippen MR) is 102 cm³/mol. The van der Waals surface area contributed by atoms with Gasteiger partial charge in [0.15, 0.2) is 0 Å². The maximum Gasteiger partial charge on any atom is 0.322 e. The van der Waals surface area contributed by atoms with Crippen LogP contribution >= 0.6 is 11.6 Å². The number of carbonyl (C=O) groups excluding carboxylic acids is 1. The highest BCUT2D eigenvalue weighted by Gasteiger charge is 2.30. The molecule has 3 rings (SSSR count). The van der Waals surface area contributed by atoms with Gasteiger partial charge in [-0.3, -0.25) is 0 Å². The highest BCUT2D eigenvalue weighted by molar-refractivity contribution is 6.34. The molecule has 2 aliphatic heterocycles. The van der Waals surface area contributed by atoms with Crippen molar-refractivity contribution in [3.63, 3.8) is 0 Å². The van der Waals surface area contributed by atoms with Gasteiger partial charge >= 0.3 is 6.03 Å². The lowest BCUT2D eigenvalue weighted by molar-refractivity contribution is 0.123. The predicted octanol–water partition coefficient (Wildman–Crippen LogP) is 2.73. The van der Waals surface area contributed by atoms with Gasteiger partial charge in [0.1, 0.15) is 0 Å². The summed E-state index contributed by atoms with van der Waals surface area (Å²) < 4.78 is 5.43. The lowest BCUT2D eigenvalue weighted by Gasteiger charge is -2.32. The molecule has 2 heterocycles. The van der Waals surface area contributed by atoms with Crippen molar-refractivity contribution >= 4 is 29.0 Å². The van der Waals surface area contributed by atoms with Gasteiger partial charge in [0, 0.05) is 32.2 Å². The molecular formula is C18H27ClN4O2. The number of hydrogen-bond acceptors (Lipinski definition) is 4. The van der Waals surface area contributed by atoms with E-state index in [-0.39, 0.29) is 12.1 Å². The highest BCUT2D eigenvalue weighted by atomic mass is 35.5. The van der Waals surface area contributed by atoms with Gasteiger partial charge in [-0.15, -0.1) is 0 Å². The zero-order chi connectivity index (χ0) is 17.8. The zero-order valence-electron chi connectivity index (χ0n) is 15.0. The van der Waals surface area contributed by atoms with Crippen LogP contribution in [0, 0.1) is 0 Å². The number of rotatable bonds is 4. The van der Waals surface area contributed by atoms with E-state index in [0.29, 0.717) is 18.2 Å². The molecule has 0 aromatic heterocycles. The van der Waals surface area contributed by atoms with Crippen LogP contribution in [0.2, 0.25) is 5.02 Å². The van der Waals surface area contributed by atoms with Crippen molar-refractivity contribution in [1.82, 2.24) is 9.80 Å². The number of halogens is 1. The van der Waals surface area contributed by atoms with Crippen molar-refractivity contribution < 1.29 is 9.53 Å². The molecule has 2 amide bonds. The van der Waals surface area contributed by atoms with Crippen LogP contribution in [0.1, 0.15) is 12.8 Å². The fourth-order valence-electron chi connectivity index (χ4n) is 3.63. The Balaban J connectivity index is 1.76. The van der Waals surface area contributed by atoms with Crippen LogP contribution in [0.4, 0.5) is 16.2 Å². The van der Waals surface area contributed by atoms with Gasteiger partial charge in [-0.25, -0.2) is 4.79 Å². The minimum atomic E-state index is -0.0406. The third kappa shape index (κ3) is 4.37. The first-order chi connectivity index (χ1) is 12.1. The number of nitrogens with zero attached hydrogens (tertiary/aromatic N) is 3. The Labute approximate surface area is 154 Å². The molecule has 0 saturated carbocycles. The van der Waals surface area contributed by atoms with Crippen molar-refractivity contribution in [3.8, 4) is 0 Å². The summed E-state index contributed by atoms with van der Waals surface area (Å²) >= 11 is 6.45. The fraction of sp³-hybridized carbons (Fsp3) is 0.611. The van der Waals surface area contributed by atoms with E-state index in [2.05, 4.69) is 15.1 Å². The Kier molecular flexibility index (Phi) is 6.04. The zero-order valence-corrected chi connectivity index (χ0v) is 15.8. The molecule has 0 bridgehead atoms. The SMILES string of the molecule is CN(C)C[C@@H]1CCCN1C(=O)Nc1cccc(Cl)c1N1CCOCC1. The topological polar surface area (TPSA) is 48.0 Å². The largest absolute Gasteiger partial charge is 0.378 e. The van der Waals surface area contributed by atoms with Crippen LogP contribution in [0.5, 0.6) is 0 Å². The van der Waals surface area contributed by atoms with Gasteiger partial charge in [-0.05, 0) is 39.1 Å². The minimum absolute atomic E-state index is 0.0406. The Morgan fingerprint density at radius 2 is 2.08 bits per heavy atom. The van der Waals surface area contributed by atoms with Crippen LogP contribution < -0.4 is 10.2 Å². The molecule has 0 aliphatic carbocycles. The van der Waals surface area contributed by atoms with Crippen LogP contribution in [-0.4, -0.2) is 75.4 Å². The molecule has 0 unspecified atom stereocenters. The molecule has 25 heavy (non-hydrogen) atoms. The number of morpholine rings is 1. The summed E-state index contributed by atoms with van der Waals surface area (Å²) in [6, 6.07) is 5.89. The molecule has 0 radical (unpaired) electrons. The summed E-state index contributed by atoms with van der Waals surface area (Å²) in [5.74, 6) is 0. The van der Waals surface area contributed by atoms with Crippen molar-refractivity contribution in [2.24, 2.45) is 0 Å². The van der Waals surface area contributed by atoms with E-state index in [0.717, 1.165) is 50.4 Å². The Hall–Kier alpha value is -1.50. The normalized spacial score (nSPS) is 21.0. The lowest BCUT2D eigenvalue weighted by atomic mass is 10.2. The van der Waals surface area contributed by atoms with Gasteiger partial charge in [-0.1, -0.05) is 17.7 Å². The van der Waals surface area contributed by atoms with Crippen LogP contribution in [0.15, 0.2) is 18.2 Å². The maximum atomic E-state index is 12.9. The third-order valence-corrected chi connectivity index (χ3v) is 5.07. The average Bonchev–Trinajstić information content (AvgIpc) is 3.03. The molecule has 6 nitrogen and oxygen atoms in total. The number of benzene rings is 1. The van der Waals surface area contributed by atoms with Crippen molar-refractivity contribution in [2.45, 2.75) is 18.9 Å². The van der Waals surface area contributed by atoms with Crippen LogP contribution in [0.25, 0.3) is 0 Å². The van der Waals surface area contributed by atoms with E-state index < -0.39 is 0 Å². The van der Waals surface area contributed by atoms with E-state index in [1.807, 2.05) is 37.2 Å². The molecule has 138 valence electrons. The van der Waals surface area contributed by atoms with Crippen molar-refractivity contribution in [1.29, 1.82) is 0 Å². The van der Waals surface area contributed by atoms with Gasteiger partial charge in [0.2, 0.25) is 0 Å². The molecule has 1 N–H and O–H groups in total. The fourth-order valence-corrected chi connectivity index (χ4v) is 3.92. The number of nitrogens with one attached hydrogen (secondary N) is 1. The third-order valence-electron chi connectivity index (χ3n) is 4.77. The first-order valence-electron chi connectivity index (χ1n) is 8.90. The molecule has 2 fully saturated rings. The number of hydrogen-bond donors (Lipinski definition) is 1. The average molecular weight is 367 g/mol. The number of ether oxygens (including phenoxy) is 1. The highest BCUT2D eigenvalue weighted by Crippen LogP contribution is 2.35. The first-order valence-corrected chi connectivity index (χ1v) is 9.27. The summed E-state index contributed by atoms with van der Waals surface area (Å²) in [6.45, 7) is 4.60. The van der Waals surface area contributed by atoms with Crippen molar-refractivity contribution in [3.05, 3.63) is 23.2 Å². The van der Waals surface area contributed by atoms with Gasteiger partial charge < -0.3 is 24.8 Å². The Morgan fingerprint density at radius 1 is 1.32 bits per heavy atom. The number of urea groups is 1. The van der Waals surface area contributed by atoms with Gasteiger partial charge in [0.25, 0.3) is 0 Å². The molecule has 2 aliphatic rings. The maximum absolute atomic E-state index is 12.9. The summed E-state index contributed by atoms with van der Waals surface area (Å²) in [4.78, 5) is 19.1. The number of anilines is 2. The van der Waals surface area contributed by atoms with Crippen LogP contribution in [-0.2, 0) is 4.74 Å². The second kappa shape index (κ2) is 8.25. The van der Waals surface area contributed by atoms with E-state index in [9.17, 15) is 4.79 Å². The lowest BCUT2D eigenvalue weighted by Crippen LogP contribution is -2.43. The number of likely N-dealkylation sites (tertiary alicyclic amines) is 1. The quantitative estimate of drug-likeness (QED) is 0.890. The molecule has 1 aromatic carbocycles. The van der Waals surface area contributed by atoms with Gasteiger partial charge in [-0.2, -0.15) is 0 Å². The molecule has 0 spiro atoms. The first kappa shape index (κ1) is 18.3. The monoisotopic (exact) mass is 366 g/mol. The standard InChI is InChI=1S/C18H27ClN4O2/c1-21(2)13-14-5-4-8-23(14)18(24)20-16-7-3-6-15(19)17(16)22-9-11-25-12-10-22/h3,6-7,14H,4-5,8-13H2,1-2H3,(H,20,24)/t14-/m0/s1. The van der Waals surface area contributed by atoms with E-state index in [1.54, 1.807) is 0 Å². The summed E-state index contributed by atoms with van der Waals surface area (Å²) in [5.41, 5.74) is 1.67.